The molecule has 1 saturated carbocycles. The average Bonchev–Trinajstić information content (AvgIpc) is 3.38. The van der Waals surface area contributed by atoms with Crippen LogP contribution in [-0.2, 0) is 17.8 Å². The molecule has 3 aromatic rings. The molecule has 9 nitrogen and oxygen atoms in total. The first kappa shape index (κ1) is 18.5. The van der Waals surface area contributed by atoms with Gasteiger partial charge < -0.3 is 5.32 Å². The number of likely N-dealkylation sites (N-methyl/N-ethyl adjacent to an activating group) is 1. The first-order valence-corrected chi connectivity index (χ1v) is 10.2. The highest BCUT2D eigenvalue weighted by atomic mass is 16.2. The number of hydrogen-bond acceptors (Lipinski definition) is 5. The van der Waals surface area contributed by atoms with Gasteiger partial charge in [0.15, 0.2) is 5.69 Å². The topological polar surface area (TPSA) is 109 Å². The zero-order valence-electron chi connectivity index (χ0n) is 16.7. The van der Waals surface area contributed by atoms with E-state index < -0.39 is 11.9 Å². The monoisotopic (exact) mass is 405 g/mol. The molecule has 0 saturated heterocycles. The minimum absolute atomic E-state index is 0.155. The quantitative estimate of drug-likeness (QED) is 0.671. The zero-order chi connectivity index (χ0) is 20.7. The standard InChI is InChI=1S/C21H23N7O2/c1-27-18-12-16(14-7-8-14)25-28(18)10-9-15(21(27)30)22-20(29)19-17(23-26-24-19)11-13-5-3-2-4-6-13/h2-6,12,14-15H,7-11H2,1H3,(H,22,29)(H,23,24,26)/t15-/m0/s1. The van der Waals surface area contributed by atoms with Crippen molar-refractivity contribution in [3.05, 3.63) is 59.0 Å². The summed E-state index contributed by atoms with van der Waals surface area (Å²) in [6.07, 6.45) is 3.31. The van der Waals surface area contributed by atoms with E-state index in [9.17, 15) is 9.59 Å². The lowest BCUT2D eigenvalue weighted by Gasteiger charge is -2.20. The van der Waals surface area contributed by atoms with Crippen LogP contribution in [0.15, 0.2) is 36.4 Å². The van der Waals surface area contributed by atoms with E-state index in [1.807, 2.05) is 41.1 Å². The molecule has 3 heterocycles. The van der Waals surface area contributed by atoms with E-state index in [0.717, 1.165) is 29.9 Å². The number of nitrogens with one attached hydrogen (secondary N) is 2. The highest BCUT2D eigenvalue weighted by Gasteiger charge is 2.34. The summed E-state index contributed by atoms with van der Waals surface area (Å²) in [4.78, 5) is 27.5. The normalized spacial score (nSPS) is 18.8. The van der Waals surface area contributed by atoms with Gasteiger partial charge in [-0.25, -0.2) is 4.68 Å². The SMILES string of the molecule is CN1C(=O)[C@@H](NC(=O)c2nn[nH]c2Cc2ccccc2)CCn2nc(C3CC3)cc21. The number of carbonyl (C=O) groups excluding carboxylic acids is 2. The summed E-state index contributed by atoms with van der Waals surface area (Å²) in [5, 5.41) is 18.1. The molecule has 2 aliphatic rings. The first-order valence-electron chi connectivity index (χ1n) is 10.2. The third-order valence-corrected chi connectivity index (χ3v) is 5.74. The Labute approximate surface area is 173 Å². The lowest BCUT2D eigenvalue weighted by atomic mass is 10.1. The van der Waals surface area contributed by atoms with E-state index >= 15 is 0 Å². The van der Waals surface area contributed by atoms with Crippen molar-refractivity contribution in [2.24, 2.45) is 0 Å². The van der Waals surface area contributed by atoms with E-state index in [1.54, 1.807) is 11.9 Å². The Morgan fingerprint density at radius 3 is 2.80 bits per heavy atom. The highest BCUT2D eigenvalue weighted by molar-refractivity contribution is 6.01. The highest BCUT2D eigenvalue weighted by Crippen LogP contribution is 2.40. The number of amides is 2. The zero-order valence-corrected chi connectivity index (χ0v) is 16.7. The summed E-state index contributed by atoms with van der Waals surface area (Å²) >= 11 is 0. The Kier molecular flexibility index (Phi) is 4.57. The fraction of sp³-hybridized carbons (Fsp3) is 0.381. The second kappa shape index (κ2) is 7.40. The molecular weight excluding hydrogens is 382 g/mol. The van der Waals surface area contributed by atoms with Crippen LogP contribution in [0.4, 0.5) is 5.82 Å². The molecule has 2 aromatic heterocycles. The number of aromatic amines is 1. The number of aromatic nitrogens is 5. The molecule has 2 amide bonds. The fourth-order valence-electron chi connectivity index (χ4n) is 3.88. The molecule has 9 heteroatoms. The summed E-state index contributed by atoms with van der Waals surface area (Å²) < 4.78 is 1.87. The van der Waals surface area contributed by atoms with E-state index in [0.29, 0.717) is 31.0 Å². The maximum absolute atomic E-state index is 13.0. The number of H-pyrrole nitrogens is 1. The molecule has 0 radical (unpaired) electrons. The molecule has 1 aliphatic carbocycles. The van der Waals surface area contributed by atoms with Crippen molar-refractivity contribution < 1.29 is 9.59 Å². The molecule has 0 spiro atoms. The van der Waals surface area contributed by atoms with Crippen molar-refractivity contribution in [2.75, 3.05) is 11.9 Å². The minimum Gasteiger partial charge on any atom is -0.339 e. The van der Waals surface area contributed by atoms with Gasteiger partial charge in [0.25, 0.3) is 11.8 Å². The number of carbonyl (C=O) groups is 2. The van der Waals surface area contributed by atoms with Crippen molar-refractivity contribution in [2.45, 2.75) is 44.2 Å². The minimum atomic E-state index is -0.644. The van der Waals surface area contributed by atoms with Gasteiger partial charge in [-0.05, 0) is 24.8 Å². The Hall–Kier alpha value is -3.49. The molecule has 30 heavy (non-hydrogen) atoms. The second-order valence-electron chi connectivity index (χ2n) is 7.94. The van der Waals surface area contributed by atoms with Crippen LogP contribution < -0.4 is 10.2 Å². The number of nitrogens with zero attached hydrogens (tertiary/aromatic N) is 5. The van der Waals surface area contributed by atoms with Gasteiger partial charge >= 0.3 is 0 Å². The predicted molar refractivity (Wildman–Crippen MR) is 109 cm³/mol. The van der Waals surface area contributed by atoms with Crippen molar-refractivity contribution in [1.29, 1.82) is 0 Å². The van der Waals surface area contributed by atoms with Gasteiger partial charge in [0.1, 0.15) is 11.9 Å². The molecule has 5 rings (SSSR count). The van der Waals surface area contributed by atoms with Gasteiger partial charge in [0.2, 0.25) is 0 Å². The van der Waals surface area contributed by atoms with Crippen LogP contribution in [0.3, 0.4) is 0 Å². The smallest absolute Gasteiger partial charge is 0.274 e. The summed E-state index contributed by atoms with van der Waals surface area (Å²) in [6.45, 7) is 0.568. The average molecular weight is 405 g/mol. The number of hydrogen-bond donors (Lipinski definition) is 2. The van der Waals surface area contributed by atoms with Crippen molar-refractivity contribution in [1.82, 2.24) is 30.5 Å². The summed E-state index contributed by atoms with van der Waals surface area (Å²) in [7, 11) is 1.73. The molecule has 0 unspecified atom stereocenters. The van der Waals surface area contributed by atoms with Gasteiger partial charge in [-0.3, -0.25) is 19.6 Å². The van der Waals surface area contributed by atoms with Crippen LogP contribution >= 0.6 is 0 Å². The Morgan fingerprint density at radius 2 is 2.03 bits per heavy atom. The fourth-order valence-corrected chi connectivity index (χ4v) is 3.88. The van der Waals surface area contributed by atoms with Crippen LogP contribution in [-0.4, -0.2) is 50.1 Å². The van der Waals surface area contributed by atoms with Gasteiger partial charge in [0.05, 0.1) is 11.4 Å². The Morgan fingerprint density at radius 1 is 1.23 bits per heavy atom. The largest absolute Gasteiger partial charge is 0.339 e. The number of fused-ring (bicyclic) bond motifs is 1. The molecule has 1 fully saturated rings. The molecule has 2 N–H and O–H groups in total. The third-order valence-electron chi connectivity index (χ3n) is 5.74. The molecule has 154 valence electrons. The maximum Gasteiger partial charge on any atom is 0.274 e. The second-order valence-corrected chi connectivity index (χ2v) is 7.94. The predicted octanol–water partition coefficient (Wildman–Crippen LogP) is 1.63. The van der Waals surface area contributed by atoms with Crippen LogP contribution in [0.1, 0.15) is 52.6 Å². The number of anilines is 1. The number of benzene rings is 1. The lowest BCUT2D eigenvalue weighted by molar-refractivity contribution is -0.120. The van der Waals surface area contributed by atoms with Gasteiger partial charge in [-0.15, -0.1) is 5.10 Å². The Bertz CT molecular complexity index is 1080. The van der Waals surface area contributed by atoms with Crippen LogP contribution in [0.5, 0.6) is 0 Å². The summed E-state index contributed by atoms with van der Waals surface area (Å²) in [6, 6.07) is 11.1. The molecule has 1 aliphatic heterocycles. The number of rotatable bonds is 5. The van der Waals surface area contributed by atoms with E-state index in [-0.39, 0.29) is 11.6 Å². The van der Waals surface area contributed by atoms with Gasteiger partial charge in [-0.2, -0.15) is 5.10 Å². The lowest BCUT2D eigenvalue weighted by Crippen LogP contribution is -2.47. The molecule has 1 atom stereocenters. The number of aryl methyl sites for hydroxylation is 1. The van der Waals surface area contributed by atoms with Crippen molar-refractivity contribution in [3.8, 4) is 0 Å². The van der Waals surface area contributed by atoms with Crippen LogP contribution in [0.25, 0.3) is 0 Å². The third kappa shape index (κ3) is 3.47. The Balaban J connectivity index is 1.30. The van der Waals surface area contributed by atoms with Crippen molar-refractivity contribution >= 4 is 17.6 Å². The molecule has 1 aromatic carbocycles. The maximum atomic E-state index is 13.0. The van der Waals surface area contributed by atoms with Crippen LogP contribution in [0.2, 0.25) is 0 Å². The van der Waals surface area contributed by atoms with E-state index in [2.05, 4.69) is 25.8 Å². The van der Waals surface area contributed by atoms with Gasteiger partial charge in [-0.1, -0.05) is 35.5 Å². The van der Waals surface area contributed by atoms with Crippen molar-refractivity contribution in [3.63, 3.8) is 0 Å². The summed E-state index contributed by atoms with van der Waals surface area (Å²) in [5.41, 5.74) is 2.93. The molecule has 0 bridgehead atoms. The van der Waals surface area contributed by atoms with Gasteiger partial charge in [0, 0.05) is 32.0 Å². The summed E-state index contributed by atoms with van der Waals surface area (Å²) in [5.74, 6) is 0.751. The van der Waals surface area contributed by atoms with Crippen LogP contribution in [0, 0.1) is 0 Å². The van der Waals surface area contributed by atoms with E-state index in [1.165, 1.54) is 0 Å². The van der Waals surface area contributed by atoms with E-state index in [4.69, 9.17) is 0 Å². The molecular formula is C21H23N7O2. The first-order chi connectivity index (χ1) is 14.6.